The highest BCUT2D eigenvalue weighted by atomic mass is 16.5. The van der Waals surface area contributed by atoms with E-state index in [1.807, 2.05) is 32.0 Å². The van der Waals surface area contributed by atoms with E-state index in [2.05, 4.69) is 23.2 Å². The number of rotatable bonds is 6. The van der Waals surface area contributed by atoms with Gasteiger partial charge < -0.3 is 14.7 Å². The number of nitriles is 1. The number of aliphatic hydroxyl groups excluding tert-OH is 1. The molecule has 1 spiro atoms. The van der Waals surface area contributed by atoms with Crippen molar-refractivity contribution in [2.45, 2.75) is 44.6 Å². The average Bonchev–Trinajstić information content (AvgIpc) is 3.38. The topological polar surface area (TPSA) is 99.3 Å². The number of nitrogens with zero attached hydrogens (tertiary/aromatic N) is 4. The van der Waals surface area contributed by atoms with E-state index >= 15 is 0 Å². The number of aliphatic hydroxyl groups is 1. The molecule has 178 valence electrons. The average molecular weight is 469 g/mol. The SMILES string of the molecule is CC(C)Oc1ccc(-c2nccc(-c3cccc4c3CCC43CC(=O)N(CCO)C3)n2)cc1C#N. The van der Waals surface area contributed by atoms with Crippen molar-refractivity contribution in [3.63, 3.8) is 0 Å². The number of aromatic nitrogens is 2. The van der Waals surface area contributed by atoms with Crippen LogP contribution < -0.4 is 4.74 Å². The van der Waals surface area contributed by atoms with Crippen LogP contribution in [0.2, 0.25) is 0 Å². The molecule has 1 fully saturated rings. The van der Waals surface area contributed by atoms with Crippen LogP contribution in [0, 0.1) is 11.3 Å². The standard InChI is InChI=1S/C28H28N4O3/c1-18(2)35-25-7-6-19(14-20(25)16-29)27-30-11-9-24(31-27)22-4-3-5-23-21(22)8-10-28(23)15-26(34)32(17-28)12-13-33/h3-7,9,11,14,18,33H,8,10,12-13,15,17H2,1-2H3. The van der Waals surface area contributed by atoms with Gasteiger partial charge in [-0.05, 0) is 62.1 Å². The van der Waals surface area contributed by atoms with Gasteiger partial charge in [0.2, 0.25) is 5.91 Å². The van der Waals surface area contributed by atoms with E-state index in [0.717, 1.165) is 29.7 Å². The summed E-state index contributed by atoms with van der Waals surface area (Å²) < 4.78 is 5.74. The Labute approximate surface area is 205 Å². The third kappa shape index (κ3) is 4.15. The number of carbonyl (C=O) groups is 1. The molecule has 1 aromatic heterocycles. The molecule has 1 N–H and O–H groups in total. The molecule has 0 bridgehead atoms. The van der Waals surface area contributed by atoms with Crippen molar-refractivity contribution in [2.24, 2.45) is 0 Å². The first-order valence-corrected chi connectivity index (χ1v) is 12.0. The molecule has 0 radical (unpaired) electrons. The summed E-state index contributed by atoms with van der Waals surface area (Å²) in [5.74, 6) is 1.21. The molecule has 1 saturated heterocycles. The zero-order valence-electron chi connectivity index (χ0n) is 20.0. The molecule has 1 aliphatic heterocycles. The van der Waals surface area contributed by atoms with Gasteiger partial charge in [0.15, 0.2) is 5.82 Å². The lowest BCUT2D eigenvalue weighted by molar-refractivity contribution is -0.128. The Balaban J connectivity index is 1.50. The molecule has 1 aliphatic carbocycles. The molecule has 0 saturated carbocycles. The number of amides is 1. The van der Waals surface area contributed by atoms with E-state index in [1.54, 1.807) is 23.2 Å². The number of likely N-dealkylation sites (tertiary alicyclic amines) is 1. The number of fused-ring (bicyclic) bond motifs is 2. The fourth-order valence-corrected chi connectivity index (χ4v) is 5.44. The summed E-state index contributed by atoms with van der Waals surface area (Å²) in [6.45, 7) is 4.87. The Morgan fingerprint density at radius 2 is 2.11 bits per heavy atom. The van der Waals surface area contributed by atoms with Crippen molar-refractivity contribution >= 4 is 5.91 Å². The maximum Gasteiger partial charge on any atom is 0.223 e. The molecule has 2 aliphatic rings. The molecule has 35 heavy (non-hydrogen) atoms. The summed E-state index contributed by atoms with van der Waals surface area (Å²) in [6, 6.07) is 15.8. The van der Waals surface area contributed by atoms with Gasteiger partial charge in [-0.2, -0.15) is 5.26 Å². The zero-order chi connectivity index (χ0) is 24.6. The van der Waals surface area contributed by atoms with Crippen LogP contribution in [-0.2, 0) is 16.6 Å². The molecule has 7 nitrogen and oxygen atoms in total. The lowest BCUT2D eigenvalue weighted by Crippen LogP contribution is -2.32. The fourth-order valence-electron chi connectivity index (χ4n) is 5.44. The first-order chi connectivity index (χ1) is 16.9. The number of β-amino-alcohol motifs (C(OH)–C–C–N with tert-alkyl or cyclic N) is 1. The van der Waals surface area contributed by atoms with Crippen molar-refractivity contribution in [3.05, 3.63) is 65.4 Å². The molecule has 1 amide bonds. The van der Waals surface area contributed by atoms with Crippen molar-refractivity contribution in [2.75, 3.05) is 19.7 Å². The second-order valence-electron chi connectivity index (χ2n) is 9.58. The van der Waals surface area contributed by atoms with E-state index in [1.165, 1.54) is 11.1 Å². The Hall–Kier alpha value is -3.76. The van der Waals surface area contributed by atoms with E-state index in [-0.39, 0.29) is 24.0 Å². The predicted molar refractivity (Wildman–Crippen MR) is 132 cm³/mol. The second-order valence-corrected chi connectivity index (χ2v) is 9.58. The van der Waals surface area contributed by atoms with Crippen LogP contribution in [0.3, 0.4) is 0 Å². The summed E-state index contributed by atoms with van der Waals surface area (Å²) >= 11 is 0. The lowest BCUT2D eigenvalue weighted by atomic mass is 9.80. The minimum Gasteiger partial charge on any atom is -0.490 e. The van der Waals surface area contributed by atoms with Gasteiger partial charge in [0, 0.05) is 42.2 Å². The largest absolute Gasteiger partial charge is 0.490 e. The maximum atomic E-state index is 12.6. The fraction of sp³-hybridized carbons (Fsp3) is 0.357. The quantitative estimate of drug-likeness (QED) is 0.589. The first-order valence-electron chi connectivity index (χ1n) is 12.0. The smallest absolute Gasteiger partial charge is 0.223 e. The first kappa shape index (κ1) is 23.0. The Kier molecular flexibility index (Phi) is 6.00. The van der Waals surface area contributed by atoms with Crippen molar-refractivity contribution in [3.8, 4) is 34.5 Å². The van der Waals surface area contributed by atoms with E-state index in [9.17, 15) is 15.2 Å². The minimum absolute atomic E-state index is 0.0173. The predicted octanol–water partition coefficient (Wildman–Crippen LogP) is 3.88. The maximum absolute atomic E-state index is 12.6. The number of carbonyl (C=O) groups excluding carboxylic acids is 1. The molecule has 3 aromatic rings. The van der Waals surface area contributed by atoms with Crippen LogP contribution in [0.5, 0.6) is 5.75 Å². The summed E-state index contributed by atoms with van der Waals surface area (Å²) in [5.41, 5.74) is 5.33. The van der Waals surface area contributed by atoms with Crippen molar-refractivity contribution < 1.29 is 14.6 Å². The van der Waals surface area contributed by atoms with Gasteiger partial charge in [-0.3, -0.25) is 4.79 Å². The van der Waals surface area contributed by atoms with Crippen LogP contribution in [-0.4, -0.2) is 51.7 Å². The normalized spacial score (nSPS) is 18.8. The van der Waals surface area contributed by atoms with Crippen LogP contribution in [0.4, 0.5) is 0 Å². The lowest BCUT2D eigenvalue weighted by Gasteiger charge is -2.25. The van der Waals surface area contributed by atoms with Crippen molar-refractivity contribution in [1.29, 1.82) is 5.26 Å². The number of ether oxygens (including phenoxy) is 1. The third-order valence-electron chi connectivity index (χ3n) is 6.96. The Morgan fingerprint density at radius 3 is 2.89 bits per heavy atom. The van der Waals surface area contributed by atoms with Crippen LogP contribution in [0.1, 0.15) is 43.4 Å². The number of hydrogen-bond donors (Lipinski definition) is 1. The minimum atomic E-state index is -0.193. The molecule has 2 heterocycles. The molecule has 7 heteroatoms. The van der Waals surface area contributed by atoms with Gasteiger partial charge in [-0.25, -0.2) is 9.97 Å². The number of benzene rings is 2. The second kappa shape index (κ2) is 9.12. The molecule has 2 aromatic carbocycles. The van der Waals surface area contributed by atoms with Crippen molar-refractivity contribution in [1.82, 2.24) is 14.9 Å². The molecule has 1 atom stereocenters. The summed E-state index contributed by atoms with van der Waals surface area (Å²) in [5, 5.41) is 18.9. The van der Waals surface area contributed by atoms with Gasteiger partial charge in [0.25, 0.3) is 0 Å². The Morgan fingerprint density at radius 1 is 1.26 bits per heavy atom. The highest BCUT2D eigenvalue weighted by Gasteiger charge is 2.48. The van der Waals surface area contributed by atoms with Gasteiger partial charge in [-0.1, -0.05) is 18.2 Å². The van der Waals surface area contributed by atoms with Crippen LogP contribution in [0.15, 0.2) is 48.7 Å². The number of hydrogen-bond acceptors (Lipinski definition) is 6. The molecule has 5 rings (SSSR count). The van der Waals surface area contributed by atoms with Gasteiger partial charge in [-0.15, -0.1) is 0 Å². The Bertz CT molecular complexity index is 1330. The van der Waals surface area contributed by atoms with Crippen LogP contribution in [0.25, 0.3) is 22.6 Å². The van der Waals surface area contributed by atoms with Crippen LogP contribution >= 0.6 is 0 Å². The van der Waals surface area contributed by atoms with E-state index < -0.39 is 0 Å². The van der Waals surface area contributed by atoms with E-state index in [0.29, 0.717) is 36.6 Å². The molecular weight excluding hydrogens is 440 g/mol. The summed E-state index contributed by atoms with van der Waals surface area (Å²) in [7, 11) is 0. The monoisotopic (exact) mass is 468 g/mol. The van der Waals surface area contributed by atoms with E-state index in [4.69, 9.17) is 9.72 Å². The molecular formula is C28H28N4O3. The summed E-state index contributed by atoms with van der Waals surface area (Å²) in [6.07, 6.45) is 4.00. The highest BCUT2D eigenvalue weighted by Crippen LogP contribution is 2.48. The molecule has 1 unspecified atom stereocenters. The van der Waals surface area contributed by atoms with Gasteiger partial charge in [0.05, 0.1) is 24.0 Å². The third-order valence-corrected chi connectivity index (χ3v) is 6.96. The van der Waals surface area contributed by atoms with Gasteiger partial charge >= 0.3 is 0 Å². The van der Waals surface area contributed by atoms with Gasteiger partial charge in [0.1, 0.15) is 11.8 Å². The highest BCUT2D eigenvalue weighted by molar-refractivity contribution is 5.82. The summed E-state index contributed by atoms with van der Waals surface area (Å²) in [4.78, 5) is 23.7. The zero-order valence-corrected chi connectivity index (χ0v) is 20.0.